The van der Waals surface area contributed by atoms with Gasteiger partial charge in [0.15, 0.2) is 0 Å². The molecule has 4 aromatic rings. The van der Waals surface area contributed by atoms with Gasteiger partial charge in [0.05, 0.1) is 30.5 Å². The molecule has 1 aliphatic rings. The lowest BCUT2D eigenvalue weighted by Gasteiger charge is -2.36. The first kappa shape index (κ1) is 24.1. The summed E-state index contributed by atoms with van der Waals surface area (Å²) in [5.74, 6) is 1.69. The summed E-state index contributed by atoms with van der Waals surface area (Å²) in [6, 6.07) is 23.7. The highest BCUT2D eigenvalue weighted by Crippen LogP contribution is 2.30. The molecule has 0 unspecified atom stereocenters. The molecule has 0 spiro atoms. The van der Waals surface area contributed by atoms with Crippen LogP contribution in [0.1, 0.15) is 17.3 Å². The van der Waals surface area contributed by atoms with E-state index < -0.39 is 0 Å². The molecule has 1 aliphatic heterocycles. The quantitative estimate of drug-likeness (QED) is 0.296. The molecule has 1 fully saturated rings. The van der Waals surface area contributed by atoms with Crippen molar-refractivity contribution in [2.75, 3.05) is 44.8 Å². The molecule has 0 radical (unpaired) electrons. The lowest BCUT2D eigenvalue weighted by Crippen LogP contribution is -2.48. The average Bonchev–Trinajstić information content (AvgIpc) is 2.93. The van der Waals surface area contributed by atoms with E-state index in [1.54, 1.807) is 7.11 Å². The Bertz CT molecular complexity index is 1370. The summed E-state index contributed by atoms with van der Waals surface area (Å²) < 4.78 is 11.8. The van der Waals surface area contributed by atoms with E-state index in [0.29, 0.717) is 25.3 Å². The number of piperazine rings is 1. The third-order valence-corrected chi connectivity index (χ3v) is 6.96. The van der Waals surface area contributed by atoms with Crippen molar-refractivity contribution >= 4 is 38.4 Å². The van der Waals surface area contributed by atoms with Crippen LogP contribution in [0.4, 0.5) is 5.69 Å². The van der Waals surface area contributed by atoms with Gasteiger partial charge in [-0.1, -0.05) is 15.9 Å². The van der Waals surface area contributed by atoms with Crippen molar-refractivity contribution in [1.82, 2.24) is 9.88 Å². The predicted molar refractivity (Wildman–Crippen MR) is 147 cm³/mol. The molecule has 5 rings (SSSR count). The summed E-state index contributed by atoms with van der Waals surface area (Å²) in [6.07, 6.45) is 0. The highest BCUT2D eigenvalue weighted by atomic mass is 79.9. The molecule has 0 bridgehead atoms. The summed E-state index contributed by atoms with van der Waals surface area (Å²) in [7, 11) is 1.67. The van der Waals surface area contributed by atoms with Gasteiger partial charge in [-0.3, -0.25) is 4.79 Å². The Morgan fingerprint density at radius 2 is 1.61 bits per heavy atom. The van der Waals surface area contributed by atoms with Gasteiger partial charge in [0.1, 0.15) is 11.5 Å². The van der Waals surface area contributed by atoms with Crippen molar-refractivity contribution in [3.8, 4) is 22.8 Å². The maximum Gasteiger partial charge on any atom is 0.254 e. The number of anilines is 1. The maximum atomic E-state index is 13.8. The molecule has 6 nitrogen and oxygen atoms in total. The lowest BCUT2D eigenvalue weighted by atomic mass is 10.0. The molecular weight excluding hydrogens is 518 g/mol. The minimum absolute atomic E-state index is 0.0297. The van der Waals surface area contributed by atoms with Crippen molar-refractivity contribution in [3.63, 3.8) is 0 Å². The van der Waals surface area contributed by atoms with E-state index >= 15 is 0 Å². The van der Waals surface area contributed by atoms with E-state index in [0.717, 1.165) is 56.9 Å². The number of benzene rings is 3. The fourth-order valence-corrected chi connectivity index (χ4v) is 4.90. The van der Waals surface area contributed by atoms with Crippen LogP contribution in [0.5, 0.6) is 11.5 Å². The van der Waals surface area contributed by atoms with Crippen LogP contribution in [-0.2, 0) is 0 Å². The van der Waals surface area contributed by atoms with E-state index in [2.05, 4.69) is 33.0 Å². The van der Waals surface area contributed by atoms with E-state index in [4.69, 9.17) is 14.5 Å². The molecular formula is C29H28BrN3O3. The van der Waals surface area contributed by atoms with Gasteiger partial charge >= 0.3 is 0 Å². The van der Waals surface area contributed by atoms with Gasteiger partial charge < -0.3 is 19.3 Å². The zero-order valence-electron chi connectivity index (χ0n) is 20.4. The number of amides is 1. The number of carbonyl (C=O) groups is 1. The Kier molecular flexibility index (Phi) is 7.09. The highest BCUT2D eigenvalue weighted by Gasteiger charge is 2.25. The first-order valence-corrected chi connectivity index (χ1v) is 12.9. The van der Waals surface area contributed by atoms with Gasteiger partial charge in [0, 0.05) is 47.3 Å². The largest absolute Gasteiger partial charge is 0.497 e. The molecule has 1 amide bonds. The number of rotatable bonds is 6. The number of pyridine rings is 1. The highest BCUT2D eigenvalue weighted by molar-refractivity contribution is 9.10. The Morgan fingerprint density at radius 1 is 0.917 bits per heavy atom. The molecule has 0 saturated carbocycles. The van der Waals surface area contributed by atoms with Crippen molar-refractivity contribution < 1.29 is 14.3 Å². The van der Waals surface area contributed by atoms with Crippen LogP contribution in [0.2, 0.25) is 0 Å². The summed E-state index contributed by atoms with van der Waals surface area (Å²) in [5, 5.41) is 0.849. The first-order chi connectivity index (χ1) is 17.6. The minimum atomic E-state index is 0.0297. The average molecular weight is 546 g/mol. The molecule has 3 aromatic carbocycles. The Morgan fingerprint density at radius 3 is 2.28 bits per heavy atom. The van der Waals surface area contributed by atoms with Gasteiger partial charge in [-0.05, 0) is 79.7 Å². The predicted octanol–water partition coefficient (Wildman–Crippen LogP) is 6.03. The van der Waals surface area contributed by atoms with Crippen LogP contribution in [-0.4, -0.2) is 55.7 Å². The number of halogens is 1. The summed E-state index contributed by atoms with van der Waals surface area (Å²) in [5.41, 5.74) is 4.32. The van der Waals surface area contributed by atoms with E-state index in [1.165, 1.54) is 0 Å². The minimum Gasteiger partial charge on any atom is -0.497 e. The summed E-state index contributed by atoms with van der Waals surface area (Å²) >= 11 is 3.56. The lowest BCUT2D eigenvalue weighted by molar-refractivity contribution is 0.0748. The molecule has 0 atom stereocenters. The number of methoxy groups -OCH3 is 1. The number of fused-ring (bicyclic) bond motifs is 1. The number of nitrogens with zero attached hydrogens (tertiary/aromatic N) is 3. The topological polar surface area (TPSA) is 54.9 Å². The zero-order chi connectivity index (χ0) is 25.1. The molecule has 0 N–H and O–H groups in total. The number of hydrogen-bond acceptors (Lipinski definition) is 5. The molecule has 1 aromatic heterocycles. The number of ether oxygens (including phenoxy) is 2. The second kappa shape index (κ2) is 10.6. The summed E-state index contributed by atoms with van der Waals surface area (Å²) in [6.45, 7) is 5.44. The zero-order valence-corrected chi connectivity index (χ0v) is 22.0. The fourth-order valence-electron chi connectivity index (χ4n) is 4.54. The van der Waals surface area contributed by atoms with Gasteiger partial charge in [-0.15, -0.1) is 0 Å². The van der Waals surface area contributed by atoms with Gasteiger partial charge in [-0.25, -0.2) is 4.98 Å². The number of carbonyl (C=O) groups excluding carboxylic acids is 1. The standard InChI is InChI=1S/C29H28BrN3O3/c1-3-36-24-9-4-20(5-10-24)28-19-26(25-18-21(30)6-13-27(25)31-28)29(34)33-16-14-32(15-17-33)22-7-11-23(35-2)12-8-22/h4-13,18-19H,3,14-17H2,1-2H3. The van der Waals surface area contributed by atoms with Crippen molar-refractivity contribution in [3.05, 3.63) is 82.8 Å². The third-order valence-electron chi connectivity index (χ3n) is 6.47. The van der Waals surface area contributed by atoms with E-state index in [9.17, 15) is 4.79 Å². The third kappa shape index (κ3) is 5.02. The van der Waals surface area contributed by atoms with Gasteiger partial charge in [0.25, 0.3) is 5.91 Å². The Balaban J connectivity index is 1.41. The first-order valence-electron chi connectivity index (χ1n) is 12.1. The maximum absolute atomic E-state index is 13.8. The normalized spacial score (nSPS) is 13.6. The molecule has 36 heavy (non-hydrogen) atoms. The van der Waals surface area contributed by atoms with Crippen LogP contribution in [0.15, 0.2) is 77.3 Å². The molecule has 1 saturated heterocycles. The fraction of sp³-hybridized carbons (Fsp3) is 0.241. The Labute approximate surface area is 219 Å². The van der Waals surface area contributed by atoms with Crippen LogP contribution < -0.4 is 14.4 Å². The number of hydrogen-bond donors (Lipinski definition) is 0. The van der Waals surface area contributed by atoms with Crippen molar-refractivity contribution in [2.24, 2.45) is 0 Å². The second-order valence-corrected chi connectivity index (χ2v) is 9.57. The van der Waals surface area contributed by atoms with E-state index in [1.807, 2.05) is 72.5 Å². The molecule has 184 valence electrons. The molecule has 7 heteroatoms. The molecule has 0 aliphatic carbocycles. The summed E-state index contributed by atoms with van der Waals surface area (Å²) in [4.78, 5) is 22.9. The van der Waals surface area contributed by atoms with Crippen LogP contribution in [0.25, 0.3) is 22.2 Å². The van der Waals surface area contributed by atoms with Crippen LogP contribution in [0.3, 0.4) is 0 Å². The van der Waals surface area contributed by atoms with Crippen molar-refractivity contribution in [1.29, 1.82) is 0 Å². The van der Waals surface area contributed by atoms with Gasteiger partial charge in [-0.2, -0.15) is 0 Å². The van der Waals surface area contributed by atoms with Crippen LogP contribution >= 0.6 is 15.9 Å². The van der Waals surface area contributed by atoms with E-state index in [-0.39, 0.29) is 5.91 Å². The Hall–Kier alpha value is -3.58. The monoisotopic (exact) mass is 545 g/mol. The SMILES string of the molecule is CCOc1ccc(-c2cc(C(=O)N3CCN(c4ccc(OC)cc4)CC3)c3cc(Br)ccc3n2)cc1. The van der Waals surface area contributed by atoms with Crippen LogP contribution in [0, 0.1) is 0 Å². The second-order valence-electron chi connectivity index (χ2n) is 8.65. The van der Waals surface area contributed by atoms with Crippen molar-refractivity contribution in [2.45, 2.75) is 6.92 Å². The van der Waals surface area contributed by atoms with Gasteiger partial charge in [0.2, 0.25) is 0 Å². The smallest absolute Gasteiger partial charge is 0.254 e. The molecule has 2 heterocycles. The number of aromatic nitrogens is 1.